The van der Waals surface area contributed by atoms with Crippen molar-refractivity contribution in [1.82, 2.24) is 10.2 Å². The highest BCUT2D eigenvalue weighted by Crippen LogP contribution is 2.20. The lowest BCUT2D eigenvalue weighted by Gasteiger charge is -2.25. The number of carbonyl (C=O) groups is 2. The molecule has 2 amide bonds. The molecule has 1 aromatic rings. The second-order valence-corrected chi connectivity index (χ2v) is 5.01. The molecule has 1 aliphatic heterocycles. The molecule has 20 heavy (non-hydrogen) atoms. The fourth-order valence-electron chi connectivity index (χ4n) is 2.60. The molecule has 1 aromatic carbocycles. The van der Waals surface area contributed by atoms with Crippen molar-refractivity contribution in [2.24, 2.45) is 0 Å². The standard InChI is InChI=1S/C15H20N2O3/c1-2-12(11-7-4-3-5-8-11)16-15(20)17-10-6-9-13(17)14(18)19/h3-5,7-8,12-13H,2,6,9-10H2,1H3,(H,16,20)(H,18,19)/t12?,13-/m0/s1. The largest absolute Gasteiger partial charge is 0.480 e. The van der Waals surface area contributed by atoms with Gasteiger partial charge < -0.3 is 15.3 Å². The Morgan fingerprint density at radius 2 is 2.10 bits per heavy atom. The third-order valence-electron chi connectivity index (χ3n) is 3.71. The van der Waals surface area contributed by atoms with Gasteiger partial charge in [-0.3, -0.25) is 0 Å². The first-order valence-electron chi connectivity index (χ1n) is 6.98. The van der Waals surface area contributed by atoms with Crippen molar-refractivity contribution < 1.29 is 14.7 Å². The van der Waals surface area contributed by atoms with Crippen LogP contribution < -0.4 is 5.32 Å². The summed E-state index contributed by atoms with van der Waals surface area (Å²) < 4.78 is 0. The zero-order chi connectivity index (χ0) is 14.5. The van der Waals surface area contributed by atoms with E-state index in [0.29, 0.717) is 13.0 Å². The molecule has 1 aliphatic rings. The number of urea groups is 1. The number of hydrogen-bond donors (Lipinski definition) is 2. The highest BCUT2D eigenvalue weighted by Gasteiger charge is 2.34. The monoisotopic (exact) mass is 276 g/mol. The molecule has 0 spiro atoms. The van der Waals surface area contributed by atoms with Crippen LogP contribution in [0.3, 0.4) is 0 Å². The van der Waals surface area contributed by atoms with Gasteiger partial charge in [-0.05, 0) is 24.8 Å². The molecule has 2 N–H and O–H groups in total. The summed E-state index contributed by atoms with van der Waals surface area (Å²) in [5.74, 6) is -0.926. The van der Waals surface area contributed by atoms with Crippen LogP contribution in [-0.4, -0.2) is 34.6 Å². The van der Waals surface area contributed by atoms with Crippen LogP contribution in [0.2, 0.25) is 0 Å². The first-order chi connectivity index (χ1) is 9.63. The van der Waals surface area contributed by atoms with E-state index in [0.717, 1.165) is 18.4 Å². The Morgan fingerprint density at radius 3 is 2.70 bits per heavy atom. The van der Waals surface area contributed by atoms with Gasteiger partial charge in [0.2, 0.25) is 0 Å². The second kappa shape index (κ2) is 6.41. The van der Waals surface area contributed by atoms with Gasteiger partial charge in [0.05, 0.1) is 6.04 Å². The van der Waals surface area contributed by atoms with Crippen LogP contribution in [0, 0.1) is 0 Å². The van der Waals surface area contributed by atoms with Crippen LogP contribution in [0.25, 0.3) is 0 Å². The summed E-state index contributed by atoms with van der Waals surface area (Å²) in [6, 6.07) is 8.66. The molecule has 5 nitrogen and oxygen atoms in total. The van der Waals surface area contributed by atoms with E-state index in [1.165, 1.54) is 4.90 Å². The molecule has 108 valence electrons. The minimum Gasteiger partial charge on any atom is -0.480 e. The number of benzene rings is 1. The lowest BCUT2D eigenvalue weighted by Crippen LogP contribution is -2.46. The number of likely N-dealkylation sites (tertiary alicyclic amines) is 1. The predicted octanol–water partition coefficient (Wildman–Crippen LogP) is 2.40. The number of nitrogens with one attached hydrogen (secondary N) is 1. The van der Waals surface area contributed by atoms with Gasteiger partial charge in [-0.25, -0.2) is 9.59 Å². The maximum Gasteiger partial charge on any atom is 0.326 e. The molecule has 0 saturated carbocycles. The molecule has 1 unspecified atom stereocenters. The van der Waals surface area contributed by atoms with Crippen molar-refractivity contribution in [2.45, 2.75) is 38.3 Å². The summed E-state index contributed by atoms with van der Waals surface area (Å²) in [6.45, 7) is 2.50. The van der Waals surface area contributed by atoms with E-state index in [-0.39, 0.29) is 12.1 Å². The molecular weight excluding hydrogens is 256 g/mol. The number of rotatable bonds is 4. The summed E-state index contributed by atoms with van der Waals surface area (Å²) in [7, 11) is 0. The van der Waals surface area contributed by atoms with Crippen LogP contribution in [0.4, 0.5) is 4.79 Å². The number of carboxylic acid groups (broad SMARTS) is 1. The lowest BCUT2D eigenvalue weighted by atomic mass is 10.1. The predicted molar refractivity (Wildman–Crippen MR) is 75.4 cm³/mol. The Bertz CT molecular complexity index is 475. The average molecular weight is 276 g/mol. The van der Waals surface area contributed by atoms with Crippen LogP contribution in [0.15, 0.2) is 30.3 Å². The molecule has 5 heteroatoms. The SMILES string of the molecule is CCC(NC(=O)N1CCC[C@H]1C(=O)O)c1ccccc1. The highest BCUT2D eigenvalue weighted by atomic mass is 16.4. The maximum absolute atomic E-state index is 12.3. The maximum atomic E-state index is 12.3. The quantitative estimate of drug-likeness (QED) is 0.887. The average Bonchev–Trinajstić information content (AvgIpc) is 2.95. The topological polar surface area (TPSA) is 69.6 Å². The van der Waals surface area contributed by atoms with Gasteiger partial charge in [-0.1, -0.05) is 37.3 Å². The summed E-state index contributed by atoms with van der Waals surface area (Å²) in [5, 5.41) is 12.1. The third-order valence-corrected chi connectivity index (χ3v) is 3.71. The van der Waals surface area contributed by atoms with Crippen LogP contribution in [0.1, 0.15) is 37.8 Å². The normalized spacial score (nSPS) is 19.6. The van der Waals surface area contributed by atoms with Crippen molar-refractivity contribution in [3.8, 4) is 0 Å². The van der Waals surface area contributed by atoms with Crippen LogP contribution in [-0.2, 0) is 4.79 Å². The Kier molecular flexibility index (Phi) is 4.61. The van der Waals surface area contributed by atoms with Crippen LogP contribution in [0.5, 0.6) is 0 Å². The van der Waals surface area contributed by atoms with E-state index in [4.69, 9.17) is 5.11 Å². The van der Waals surface area contributed by atoms with E-state index in [9.17, 15) is 9.59 Å². The van der Waals surface area contributed by atoms with Gasteiger partial charge in [-0.15, -0.1) is 0 Å². The third kappa shape index (κ3) is 3.10. The first kappa shape index (κ1) is 14.4. The lowest BCUT2D eigenvalue weighted by molar-refractivity contribution is -0.141. The minimum absolute atomic E-state index is 0.0845. The van der Waals surface area contributed by atoms with E-state index >= 15 is 0 Å². The summed E-state index contributed by atoms with van der Waals surface area (Å²) in [4.78, 5) is 24.8. The van der Waals surface area contributed by atoms with Gasteiger partial charge >= 0.3 is 12.0 Å². The number of hydrogen-bond acceptors (Lipinski definition) is 2. The van der Waals surface area contributed by atoms with Crippen molar-refractivity contribution in [1.29, 1.82) is 0 Å². The molecule has 2 atom stereocenters. The Balaban J connectivity index is 2.04. The molecule has 2 rings (SSSR count). The second-order valence-electron chi connectivity index (χ2n) is 5.01. The molecule has 0 bridgehead atoms. The Labute approximate surface area is 118 Å². The van der Waals surface area contributed by atoms with Crippen molar-refractivity contribution in [2.75, 3.05) is 6.54 Å². The van der Waals surface area contributed by atoms with Gasteiger partial charge in [0.15, 0.2) is 0 Å². The molecule has 0 radical (unpaired) electrons. The van der Waals surface area contributed by atoms with E-state index < -0.39 is 12.0 Å². The molecule has 1 fully saturated rings. The minimum atomic E-state index is -0.926. The molecular formula is C15H20N2O3. The fraction of sp³-hybridized carbons (Fsp3) is 0.467. The highest BCUT2D eigenvalue weighted by molar-refractivity contribution is 5.83. The van der Waals surface area contributed by atoms with Crippen molar-refractivity contribution in [3.63, 3.8) is 0 Å². The first-order valence-corrected chi connectivity index (χ1v) is 6.98. The summed E-state index contributed by atoms with van der Waals surface area (Å²) >= 11 is 0. The molecule has 0 aromatic heterocycles. The number of aliphatic carboxylic acids is 1. The number of nitrogens with zero attached hydrogens (tertiary/aromatic N) is 1. The van der Waals surface area contributed by atoms with E-state index in [2.05, 4.69) is 5.32 Å². The summed E-state index contributed by atoms with van der Waals surface area (Å²) in [6.07, 6.45) is 2.04. The van der Waals surface area contributed by atoms with Gasteiger partial charge in [0.1, 0.15) is 6.04 Å². The van der Waals surface area contributed by atoms with E-state index in [1.54, 1.807) is 0 Å². The molecule has 1 heterocycles. The smallest absolute Gasteiger partial charge is 0.326 e. The number of carboxylic acids is 1. The van der Waals surface area contributed by atoms with E-state index in [1.807, 2.05) is 37.3 Å². The van der Waals surface area contributed by atoms with Crippen molar-refractivity contribution in [3.05, 3.63) is 35.9 Å². The number of carbonyl (C=O) groups excluding carboxylic acids is 1. The fourth-order valence-corrected chi connectivity index (χ4v) is 2.60. The zero-order valence-corrected chi connectivity index (χ0v) is 11.6. The number of amides is 2. The molecule has 1 saturated heterocycles. The Morgan fingerprint density at radius 1 is 1.40 bits per heavy atom. The van der Waals surface area contributed by atoms with Gasteiger partial charge in [0.25, 0.3) is 0 Å². The van der Waals surface area contributed by atoms with Crippen LogP contribution >= 0.6 is 0 Å². The Hall–Kier alpha value is -2.04. The van der Waals surface area contributed by atoms with Gasteiger partial charge in [-0.2, -0.15) is 0 Å². The van der Waals surface area contributed by atoms with Gasteiger partial charge in [0, 0.05) is 6.54 Å². The van der Waals surface area contributed by atoms with Crippen molar-refractivity contribution >= 4 is 12.0 Å². The molecule has 0 aliphatic carbocycles. The summed E-state index contributed by atoms with van der Waals surface area (Å²) in [5.41, 5.74) is 1.04. The zero-order valence-electron chi connectivity index (χ0n) is 11.6.